The largest absolute Gasteiger partial charge is 0.287 e. The average molecular weight is 371 g/mol. The van der Waals surface area contributed by atoms with Crippen molar-refractivity contribution in [2.24, 2.45) is 0 Å². The number of aromatic nitrogens is 2. The third-order valence-electron chi connectivity index (χ3n) is 4.83. The van der Waals surface area contributed by atoms with Crippen molar-refractivity contribution in [2.75, 3.05) is 5.75 Å². The van der Waals surface area contributed by atoms with Crippen molar-refractivity contribution in [2.45, 2.75) is 51.2 Å². The molecule has 0 N–H and O–H groups in total. The molecular weight excluding hydrogens is 348 g/mol. The van der Waals surface area contributed by atoms with Gasteiger partial charge >= 0.3 is 0 Å². The van der Waals surface area contributed by atoms with E-state index in [1.807, 2.05) is 11.5 Å². The molecule has 0 unspecified atom stereocenters. The first kappa shape index (κ1) is 16.9. The predicted molar refractivity (Wildman–Crippen MR) is 108 cm³/mol. The summed E-state index contributed by atoms with van der Waals surface area (Å²) in [6.07, 6.45) is 4.26. The van der Waals surface area contributed by atoms with E-state index in [1.165, 1.54) is 21.6 Å². The first-order valence-corrected chi connectivity index (χ1v) is 10.8. The molecule has 0 radical (unpaired) electrons. The Balaban J connectivity index is 1.90. The Hall–Kier alpha value is -1.59. The fraction of sp³-hybridized carbons (Fsp3) is 0.400. The maximum absolute atomic E-state index is 13.2. The highest BCUT2D eigenvalue weighted by atomic mass is 32.2. The molecule has 1 aliphatic carbocycles. The van der Waals surface area contributed by atoms with E-state index in [4.69, 9.17) is 4.98 Å². The molecule has 0 atom stereocenters. The molecular formula is C20H22N2OS2. The summed E-state index contributed by atoms with van der Waals surface area (Å²) < 4.78 is 1.86. The van der Waals surface area contributed by atoms with Crippen LogP contribution in [0.15, 0.2) is 34.2 Å². The number of benzene rings is 1. The van der Waals surface area contributed by atoms with Crippen molar-refractivity contribution in [1.82, 2.24) is 9.55 Å². The van der Waals surface area contributed by atoms with Crippen molar-refractivity contribution in [3.63, 3.8) is 0 Å². The Morgan fingerprint density at radius 3 is 2.88 bits per heavy atom. The Bertz CT molecular complexity index is 987. The summed E-state index contributed by atoms with van der Waals surface area (Å²) in [4.78, 5) is 20.2. The van der Waals surface area contributed by atoms with E-state index in [-0.39, 0.29) is 5.56 Å². The Labute approximate surface area is 156 Å². The van der Waals surface area contributed by atoms with Gasteiger partial charge < -0.3 is 0 Å². The highest BCUT2D eigenvalue weighted by molar-refractivity contribution is 7.99. The second-order valence-corrected chi connectivity index (χ2v) is 8.45. The Kier molecular flexibility index (Phi) is 4.69. The fourth-order valence-corrected chi connectivity index (χ4v) is 5.96. The van der Waals surface area contributed by atoms with Crippen LogP contribution >= 0.6 is 23.1 Å². The Morgan fingerprint density at radius 2 is 2.08 bits per heavy atom. The number of fused-ring (bicyclic) bond motifs is 5. The molecule has 25 heavy (non-hydrogen) atoms. The van der Waals surface area contributed by atoms with Gasteiger partial charge in [-0.1, -0.05) is 49.4 Å². The molecule has 4 rings (SSSR count). The van der Waals surface area contributed by atoms with Gasteiger partial charge in [0.05, 0.1) is 5.39 Å². The number of thiophene rings is 1. The normalized spacial score (nSPS) is 13.0. The van der Waals surface area contributed by atoms with Crippen LogP contribution in [-0.2, 0) is 19.4 Å². The zero-order chi connectivity index (χ0) is 17.4. The molecule has 0 amide bonds. The number of aryl methyl sites for hydroxylation is 2. The molecule has 3 aromatic rings. The SMILES string of the molecule is CCCCSc1nc2sc3c(c2c(=O)n1CC)CCc1ccccc1-3. The summed E-state index contributed by atoms with van der Waals surface area (Å²) in [6.45, 7) is 4.90. The van der Waals surface area contributed by atoms with Gasteiger partial charge in [-0.3, -0.25) is 9.36 Å². The summed E-state index contributed by atoms with van der Waals surface area (Å²) in [6, 6.07) is 8.56. The van der Waals surface area contributed by atoms with Gasteiger partial charge in [0.2, 0.25) is 0 Å². The first-order chi connectivity index (χ1) is 12.2. The molecule has 130 valence electrons. The van der Waals surface area contributed by atoms with Crippen LogP contribution < -0.4 is 5.56 Å². The number of unbranched alkanes of at least 4 members (excludes halogenated alkanes) is 1. The van der Waals surface area contributed by atoms with Crippen LogP contribution in [0.5, 0.6) is 0 Å². The quantitative estimate of drug-likeness (QED) is 0.354. The smallest absolute Gasteiger partial charge is 0.263 e. The zero-order valence-corrected chi connectivity index (χ0v) is 16.3. The first-order valence-electron chi connectivity index (χ1n) is 9.01. The van der Waals surface area contributed by atoms with E-state index in [0.29, 0.717) is 6.54 Å². The molecule has 3 nitrogen and oxygen atoms in total. The van der Waals surface area contributed by atoms with Crippen LogP contribution in [0.1, 0.15) is 37.8 Å². The van der Waals surface area contributed by atoms with Gasteiger partial charge in [0.1, 0.15) is 4.83 Å². The third-order valence-corrected chi connectivity index (χ3v) is 7.05. The van der Waals surface area contributed by atoms with Gasteiger partial charge in [0.25, 0.3) is 5.56 Å². The summed E-state index contributed by atoms with van der Waals surface area (Å²) in [5.74, 6) is 1.02. The monoisotopic (exact) mass is 370 g/mol. The van der Waals surface area contributed by atoms with Crippen molar-refractivity contribution >= 4 is 33.3 Å². The predicted octanol–water partition coefficient (Wildman–Crippen LogP) is 5.14. The average Bonchev–Trinajstić information content (AvgIpc) is 3.01. The molecule has 5 heteroatoms. The number of thioether (sulfide) groups is 1. The molecule has 0 bridgehead atoms. The lowest BCUT2D eigenvalue weighted by Crippen LogP contribution is -2.23. The maximum Gasteiger partial charge on any atom is 0.263 e. The van der Waals surface area contributed by atoms with E-state index in [2.05, 4.69) is 31.2 Å². The highest BCUT2D eigenvalue weighted by Crippen LogP contribution is 2.42. The second kappa shape index (κ2) is 6.96. The van der Waals surface area contributed by atoms with Crippen LogP contribution in [0.2, 0.25) is 0 Å². The number of rotatable bonds is 5. The van der Waals surface area contributed by atoms with Crippen LogP contribution in [0, 0.1) is 0 Å². The minimum Gasteiger partial charge on any atom is -0.287 e. The maximum atomic E-state index is 13.2. The molecule has 0 fully saturated rings. The van der Waals surface area contributed by atoms with Crippen molar-refractivity contribution in [3.8, 4) is 10.4 Å². The van der Waals surface area contributed by atoms with Crippen LogP contribution in [-0.4, -0.2) is 15.3 Å². The summed E-state index contributed by atoms with van der Waals surface area (Å²) in [5.41, 5.74) is 4.02. The minimum absolute atomic E-state index is 0.142. The summed E-state index contributed by atoms with van der Waals surface area (Å²) in [7, 11) is 0. The van der Waals surface area contributed by atoms with Crippen LogP contribution in [0.25, 0.3) is 20.7 Å². The lowest BCUT2D eigenvalue weighted by Gasteiger charge is -2.16. The molecule has 0 spiro atoms. The van der Waals surface area contributed by atoms with E-state index in [0.717, 1.165) is 46.8 Å². The molecule has 1 aliphatic rings. The standard InChI is InChI=1S/C20H22N2OS2/c1-3-5-12-24-20-21-18-16(19(23)22(20)4-2)15-11-10-13-8-6-7-9-14(13)17(15)25-18/h6-9H,3-5,10-12H2,1-2H3. The lowest BCUT2D eigenvalue weighted by molar-refractivity contribution is 0.634. The Morgan fingerprint density at radius 1 is 1.24 bits per heavy atom. The topological polar surface area (TPSA) is 34.9 Å². The summed E-state index contributed by atoms with van der Waals surface area (Å²) >= 11 is 3.41. The van der Waals surface area contributed by atoms with Gasteiger partial charge in [-0.2, -0.15) is 0 Å². The molecule has 0 saturated carbocycles. The van der Waals surface area contributed by atoms with E-state index in [9.17, 15) is 4.79 Å². The van der Waals surface area contributed by atoms with Crippen molar-refractivity contribution in [1.29, 1.82) is 0 Å². The van der Waals surface area contributed by atoms with Crippen LogP contribution in [0.4, 0.5) is 0 Å². The van der Waals surface area contributed by atoms with E-state index < -0.39 is 0 Å². The number of hydrogen-bond acceptors (Lipinski definition) is 4. The molecule has 2 aromatic heterocycles. The molecule has 2 heterocycles. The van der Waals surface area contributed by atoms with Gasteiger partial charge in [0, 0.05) is 17.2 Å². The van der Waals surface area contributed by atoms with Crippen molar-refractivity contribution < 1.29 is 0 Å². The van der Waals surface area contributed by atoms with E-state index in [1.54, 1.807) is 23.1 Å². The van der Waals surface area contributed by atoms with E-state index >= 15 is 0 Å². The third kappa shape index (κ3) is 2.83. The zero-order valence-electron chi connectivity index (χ0n) is 14.7. The second-order valence-electron chi connectivity index (χ2n) is 6.39. The number of hydrogen-bond donors (Lipinski definition) is 0. The molecule has 0 aliphatic heterocycles. The molecule has 1 aromatic carbocycles. The van der Waals surface area contributed by atoms with Crippen LogP contribution in [0.3, 0.4) is 0 Å². The fourth-order valence-electron chi connectivity index (χ4n) is 3.49. The number of nitrogens with zero attached hydrogens (tertiary/aromatic N) is 2. The minimum atomic E-state index is 0.142. The van der Waals surface area contributed by atoms with Gasteiger partial charge in [-0.05, 0) is 42.9 Å². The van der Waals surface area contributed by atoms with Crippen molar-refractivity contribution in [3.05, 3.63) is 45.7 Å². The van der Waals surface area contributed by atoms with Gasteiger partial charge in [-0.25, -0.2) is 4.98 Å². The molecule has 0 saturated heterocycles. The highest BCUT2D eigenvalue weighted by Gasteiger charge is 2.24. The summed E-state index contributed by atoms with van der Waals surface area (Å²) in [5, 5.41) is 1.73. The van der Waals surface area contributed by atoms with Gasteiger partial charge in [0.15, 0.2) is 5.16 Å². The van der Waals surface area contributed by atoms with Gasteiger partial charge in [-0.15, -0.1) is 11.3 Å². The lowest BCUT2D eigenvalue weighted by atomic mass is 9.90.